The first kappa shape index (κ1) is 14.9. The molecule has 1 aliphatic carbocycles. The summed E-state index contributed by atoms with van der Waals surface area (Å²) in [6, 6.07) is 5.70. The van der Waals surface area contributed by atoms with Crippen LogP contribution in [0.15, 0.2) is 18.2 Å². The molecule has 0 amide bonds. The molecule has 1 aliphatic rings. The highest BCUT2D eigenvalue weighted by molar-refractivity contribution is 5.97. The number of hydrogen-bond acceptors (Lipinski definition) is 3. The van der Waals surface area contributed by atoms with E-state index >= 15 is 0 Å². The van der Waals surface area contributed by atoms with Crippen LogP contribution in [0.1, 0.15) is 43.7 Å². The maximum absolute atomic E-state index is 7.59. The van der Waals surface area contributed by atoms with Gasteiger partial charge in [-0.2, -0.15) is 0 Å². The van der Waals surface area contributed by atoms with Crippen molar-refractivity contribution in [3.05, 3.63) is 29.3 Å². The van der Waals surface area contributed by atoms with Crippen molar-refractivity contribution in [2.45, 2.75) is 45.3 Å². The number of benzene rings is 1. The fourth-order valence-electron chi connectivity index (χ4n) is 2.79. The van der Waals surface area contributed by atoms with Crippen molar-refractivity contribution in [2.24, 2.45) is 11.7 Å². The van der Waals surface area contributed by atoms with Crippen LogP contribution >= 0.6 is 0 Å². The van der Waals surface area contributed by atoms with Gasteiger partial charge >= 0.3 is 0 Å². The number of nitrogen functional groups attached to an aromatic ring is 1. The summed E-state index contributed by atoms with van der Waals surface area (Å²) in [6.07, 6.45) is 5.34. The van der Waals surface area contributed by atoms with Gasteiger partial charge < -0.3 is 15.2 Å². The number of ether oxygens (including phenoxy) is 2. The average Bonchev–Trinajstić information content (AvgIpc) is 2.46. The summed E-state index contributed by atoms with van der Waals surface area (Å²) in [5.74, 6) is 1.29. The van der Waals surface area contributed by atoms with Crippen molar-refractivity contribution in [3.63, 3.8) is 0 Å². The summed E-state index contributed by atoms with van der Waals surface area (Å²) in [4.78, 5) is 0. The van der Waals surface area contributed by atoms with E-state index < -0.39 is 0 Å². The van der Waals surface area contributed by atoms with Crippen LogP contribution in [0.25, 0.3) is 0 Å². The maximum Gasteiger partial charge on any atom is 0.129 e. The number of methoxy groups -OCH3 is 1. The standard InChI is InChI=1S/C16H24N2O2/c1-11-5-3-4-6-14(11)20-10-12-7-8-15(19-2)13(9-12)16(17)18/h7-9,11,14H,3-6,10H2,1-2H3,(H3,17,18). The highest BCUT2D eigenvalue weighted by Crippen LogP contribution is 2.27. The zero-order valence-corrected chi connectivity index (χ0v) is 12.3. The van der Waals surface area contributed by atoms with Gasteiger partial charge in [0.1, 0.15) is 11.6 Å². The lowest BCUT2D eigenvalue weighted by molar-refractivity contribution is -0.0154. The van der Waals surface area contributed by atoms with E-state index in [9.17, 15) is 0 Å². The Labute approximate surface area is 120 Å². The van der Waals surface area contributed by atoms with Crippen molar-refractivity contribution >= 4 is 5.84 Å². The molecule has 1 aromatic rings. The zero-order chi connectivity index (χ0) is 14.5. The van der Waals surface area contributed by atoms with Crippen molar-refractivity contribution in [3.8, 4) is 5.75 Å². The van der Waals surface area contributed by atoms with Crippen molar-refractivity contribution < 1.29 is 9.47 Å². The molecule has 0 radical (unpaired) electrons. The Morgan fingerprint density at radius 1 is 1.35 bits per heavy atom. The summed E-state index contributed by atoms with van der Waals surface area (Å²) in [5.41, 5.74) is 7.25. The number of nitrogens with two attached hydrogens (primary N) is 1. The minimum atomic E-state index is 0.0229. The van der Waals surface area contributed by atoms with E-state index in [1.807, 2.05) is 18.2 Å². The van der Waals surface area contributed by atoms with Crippen LogP contribution in [0.3, 0.4) is 0 Å². The molecule has 110 valence electrons. The van der Waals surface area contributed by atoms with Crippen LogP contribution in [0, 0.1) is 11.3 Å². The predicted molar refractivity (Wildman–Crippen MR) is 80.2 cm³/mol. The summed E-state index contributed by atoms with van der Waals surface area (Å²) in [7, 11) is 1.58. The molecular formula is C16H24N2O2. The van der Waals surface area contributed by atoms with Crippen molar-refractivity contribution in [1.82, 2.24) is 0 Å². The molecule has 1 fully saturated rings. The lowest BCUT2D eigenvalue weighted by atomic mass is 9.88. The summed E-state index contributed by atoms with van der Waals surface area (Å²) >= 11 is 0. The normalized spacial score (nSPS) is 22.5. The topological polar surface area (TPSA) is 68.3 Å². The molecule has 0 spiro atoms. The lowest BCUT2D eigenvalue weighted by Gasteiger charge is -2.28. The fourth-order valence-corrected chi connectivity index (χ4v) is 2.79. The maximum atomic E-state index is 7.59. The smallest absolute Gasteiger partial charge is 0.129 e. The van der Waals surface area contributed by atoms with Gasteiger partial charge in [0.05, 0.1) is 25.4 Å². The molecule has 1 aromatic carbocycles. The third-order valence-corrected chi connectivity index (χ3v) is 4.05. The highest BCUT2D eigenvalue weighted by atomic mass is 16.5. The van der Waals surface area contributed by atoms with Crippen molar-refractivity contribution in [1.29, 1.82) is 5.41 Å². The van der Waals surface area contributed by atoms with Crippen molar-refractivity contribution in [2.75, 3.05) is 7.11 Å². The third kappa shape index (κ3) is 3.51. The van der Waals surface area contributed by atoms with E-state index in [1.54, 1.807) is 7.11 Å². The first-order valence-corrected chi connectivity index (χ1v) is 7.24. The first-order valence-electron chi connectivity index (χ1n) is 7.24. The second kappa shape index (κ2) is 6.75. The second-order valence-electron chi connectivity index (χ2n) is 5.56. The molecule has 3 N–H and O–H groups in total. The molecule has 0 saturated heterocycles. The first-order chi connectivity index (χ1) is 9.61. The van der Waals surface area contributed by atoms with Crippen LogP contribution in [-0.2, 0) is 11.3 Å². The van der Waals surface area contributed by atoms with Gasteiger partial charge in [0.15, 0.2) is 0 Å². The monoisotopic (exact) mass is 276 g/mol. The van der Waals surface area contributed by atoms with E-state index in [0.717, 1.165) is 12.0 Å². The van der Waals surface area contributed by atoms with Crippen LogP contribution in [0.2, 0.25) is 0 Å². The van der Waals surface area contributed by atoms with Gasteiger partial charge in [-0.3, -0.25) is 5.41 Å². The summed E-state index contributed by atoms with van der Waals surface area (Å²) < 4.78 is 11.2. The Hall–Kier alpha value is -1.55. The molecule has 0 heterocycles. The molecule has 1 saturated carbocycles. The highest BCUT2D eigenvalue weighted by Gasteiger charge is 2.21. The Morgan fingerprint density at radius 2 is 2.10 bits per heavy atom. The summed E-state index contributed by atoms with van der Waals surface area (Å²) in [5, 5.41) is 7.59. The molecule has 20 heavy (non-hydrogen) atoms. The van der Waals surface area contributed by atoms with Gasteiger partial charge in [-0.05, 0) is 36.5 Å². The summed E-state index contributed by atoms with van der Waals surface area (Å²) in [6.45, 7) is 2.83. The van der Waals surface area contributed by atoms with E-state index in [0.29, 0.717) is 29.9 Å². The van der Waals surface area contributed by atoms with Gasteiger partial charge in [-0.15, -0.1) is 0 Å². The lowest BCUT2D eigenvalue weighted by Crippen LogP contribution is -2.25. The molecule has 0 bridgehead atoms. The van der Waals surface area contributed by atoms with E-state index in [1.165, 1.54) is 19.3 Å². The van der Waals surface area contributed by atoms with E-state index in [-0.39, 0.29) is 5.84 Å². The Bertz CT molecular complexity index is 474. The molecule has 4 nitrogen and oxygen atoms in total. The molecule has 2 atom stereocenters. The van der Waals surface area contributed by atoms with Crippen LogP contribution in [0.4, 0.5) is 0 Å². The van der Waals surface area contributed by atoms with E-state index in [4.69, 9.17) is 20.6 Å². The Balaban J connectivity index is 2.02. The van der Waals surface area contributed by atoms with Crippen LogP contribution in [0.5, 0.6) is 5.75 Å². The Morgan fingerprint density at radius 3 is 2.75 bits per heavy atom. The largest absolute Gasteiger partial charge is 0.496 e. The third-order valence-electron chi connectivity index (χ3n) is 4.05. The van der Waals surface area contributed by atoms with E-state index in [2.05, 4.69) is 6.92 Å². The molecule has 0 aromatic heterocycles. The minimum absolute atomic E-state index is 0.0229. The zero-order valence-electron chi connectivity index (χ0n) is 12.3. The molecule has 0 aliphatic heterocycles. The average molecular weight is 276 g/mol. The molecular weight excluding hydrogens is 252 g/mol. The number of hydrogen-bond donors (Lipinski definition) is 2. The molecule has 4 heteroatoms. The number of amidine groups is 1. The molecule has 2 rings (SSSR count). The predicted octanol–water partition coefficient (Wildman–Crippen LogP) is 3.07. The second-order valence-corrected chi connectivity index (χ2v) is 5.56. The minimum Gasteiger partial charge on any atom is -0.496 e. The van der Waals surface area contributed by atoms with Gasteiger partial charge in [-0.25, -0.2) is 0 Å². The Kier molecular flexibility index (Phi) is 5.01. The van der Waals surface area contributed by atoms with Gasteiger partial charge in [0, 0.05) is 0 Å². The van der Waals surface area contributed by atoms with Gasteiger partial charge in [0.25, 0.3) is 0 Å². The number of nitrogens with one attached hydrogen (secondary N) is 1. The quantitative estimate of drug-likeness (QED) is 0.641. The van der Waals surface area contributed by atoms with Gasteiger partial charge in [0.2, 0.25) is 0 Å². The fraction of sp³-hybridized carbons (Fsp3) is 0.562. The van der Waals surface area contributed by atoms with Crippen LogP contribution in [-0.4, -0.2) is 19.0 Å². The number of rotatable bonds is 5. The SMILES string of the molecule is COc1ccc(COC2CCCCC2C)cc1C(=N)N. The van der Waals surface area contributed by atoms with Gasteiger partial charge in [-0.1, -0.05) is 25.8 Å². The van der Waals surface area contributed by atoms with Crippen LogP contribution < -0.4 is 10.5 Å². The molecule has 2 unspecified atom stereocenters.